The van der Waals surface area contributed by atoms with Crippen LogP contribution in [0.5, 0.6) is 0 Å². The van der Waals surface area contributed by atoms with Gasteiger partial charge in [-0.2, -0.15) is 0 Å². The monoisotopic (exact) mass is 134 g/mol. The highest BCUT2D eigenvalue weighted by Gasteiger charge is 1.96. The first-order valence-electron chi connectivity index (χ1n) is 3.48. The Morgan fingerprint density at radius 1 is 1.80 bits per heavy atom. The molecule has 0 heterocycles. The normalized spacial score (nSPS) is 12.9. The lowest BCUT2D eigenvalue weighted by molar-refractivity contribution is 0.730. The molecule has 0 N–H and O–H groups in total. The summed E-state index contributed by atoms with van der Waals surface area (Å²) in [6.45, 7) is 7.86. The molecule has 0 radical (unpaired) electrons. The average Bonchev–Trinajstić information content (AvgIpc) is 1.88. The van der Waals surface area contributed by atoms with Gasteiger partial charge in [-0.1, -0.05) is 31.6 Å². The highest BCUT2D eigenvalue weighted by Crippen LogP contribution is 2.09. The van der Waals surface area contributed by atoms with Crippen LogP contribution in [-0.4, -0.2) is 0 Å². The van der Waals surface area contributed by atoms with E-state index in [9.17, 15) is 0 Å². The molecule has 0 aliphatic carbocycles. The second-order valence-electron chi connectivity index (χ2n) is 2.46. The lowest BCUT2D eigenvalue weighted by Gasteiger charge is -2.02. The Kier molecular flexibility index (Phi) is 4.41. The summed E-state index contributed by atoms with van der Waals surface area (Å²) in [7, 11) is 0. The van der Waals surface area contributed by atoms with Crippen molar-refractivity contribution in [2.45, 2.75) is 20.3 Å². The van der Waals surface area contributed by atoms with E-state index in [-0.39, 0.29) is 0 Å². The van der Waals surface area contributed by atoms with E-state index in [2.05, 4.69) is 25.5 Å². The zero-order chi connectivity index (χ0) is 7.98. The molecule has 0 aromatic rings. The third-order valence-electron chi connectivity index (χ3n) is 1.29. The van der Waals surface area contributed by atoms with Crippen molar-refractivity contribution < 1.29 is 0 Å². The Morgan fingerprint density at radius 2 is 2.40 bits per heavy atom. The van der Waals surface area contributed by atoms with E-state index in [0.717, 1.165) is 12.0 Å². The highest BCUT2D eigenvalue weighted by molar-refractivity contribution is 5.22. The third-order valence-corrected chi connectivity index (χ3v) is 1.29. The fourth-order valence-electron chi connectivity index (χ4n) is 0.844. The third kappa shape index (κ3) is 3.97. The number of terminal acetylenes is 1. The van der Waals surface area contributed by atoms with E-state index in [4.69, 9.17) is 6.42 Å². The largest absolute Gasteiger partial charge is 0.115 e. The van der Waals surface area contributed by atoms with Gasteiger partial charge in [0.1, 0.15) is 0 Å². The molecular formula is C10H14. The first-order valence-corrected chi connectivity index (χ1v) is 3.48. The van der Waals surface area contributed by atoms with Crippen molar-refractivity contribution in [3.63, 3.8) is 0 Å². The number of hydrogen-bond donors (Lipinski definition) is 0. The summed E-state index contributed by atoms with van der Waals surface area (Å²) in [5, 5.41) is 0. The molecule has 0 saturated heterocycles. The van der Waals surface area contributed by atoms with Gasteiger partial charge in [-0.15, -0.1) is 6.42 Å². The average molecular weight is 134 g/mol. The van der Waals surface area contributed by atoms with Crippen molar-refractivity contribution in [3.8, 4) is 12.3 Å². The zero-order valence-corrected chi connectivity index (χ0v) is 6.72. The quantitative estimate of drug-likeness (QED) is 0.411. The number of rotatable bonds is 3. The van der Waals surface area contributed by atoms with Crippen LogP contribution < -0.4 is 0 Å². The van der Waals surface area contributed by atoms with E-state index in [0.29, 0.717) is 5.92 Å². The van der Waals surface area contributed by atoms with Gasteiger partial charge in [-0.05, 0) is 24.8 Å². The van der Waals surface area contributed by atoms with Crippen molar-refractivity contribution in [3.05, 3.63) is 24.3 Å². The molecule has 0 heteroatoms. The van der Waals surface area contributed by atoms with Crippen molar-refractivity contribution in [1.29, 1.82) is 0 Å². The van der Waals surface area contributed by atoms with Gasteiger partial charge in [0.25, 0.3) is 0 Å². The molecule has 54 valence electrons. The van der Waals surface area contributed by atoms with Gasteiger partial charge >= 0.3 is 0 Å². The van der Waals surface area contributed by atoms with E-state index < -0.39 is 0 Å². The fourth-order valence-corrected chi connectivity index (χ4v) is 0.844. The number of allylic oxidation sites excluding steroid dienone is 3. The molecule has 0 aromatic carbocycles. The predicted octanol–water partition coefficient (Wildman–Crippen LogP) is 2.78. The summed E-state index contributed by atoms with van der Waals surface area (Å²) in [5.41, 5.74) is 0.880. The van der Waals surface area contributed by atoms with Crippen LogP contribution >= 0.6 is 0 Å². The predicted molar refractivity (Wildman–Crippen MR) is 46.6 cm³/mol. The van der Waals surface area contributed by atoms with Crippen molar-refractivity contribution in [2.24, 2.45) is 5.92 Å². The van der Waals surface area contributed by atoms with Crippen LogP contribution in [0.4, 0.5) is 0 Å². The Labute approximate surface area is 63.6 Å². The van der Waals surface area contributed by atoms with Crippen LogP contribution in [-0.2, 0) is 0 Å². The Hall–Kier alpha value is -0.960. The first-order chi connectivity index (χ1) is 4.70. The molecule has 0 nitrogen and oxygen atoms in total. The van der Waals surface area contributed by atoms with E-state index in [1.807, 2.05) is 13.0 Å². The molecular weight excluding hydrogens is 120 g/mol. The Morgan fingerprint density at radius 3 is 2.80 bits per heavy atom. The standard InChI is InChI=1S/C10H14/c1-5-7-10(4)8-9(3)6-2/h2,5,7,10H,3,8H2,1,4H3. The second-order valence-corrected chi connectivity index (χ2v) is 2.46. The maximum atomic E-state index is 5.14. The van der Waals surface area contributed by atoms with Crippen LogP contribution in [0.3, 0.4) is 0 Å². The van der Waals surface area contributed by atoms with Crippen molar-refractivity contribution in [2.75, 3.05) is 0 Å². The summed E-state index contributed by atoms with van der Waals surface area (Å²) in [6, 6.07) is 0. The molecule has 0 saturated carbocycles. The first kappa shape index (κ1) is 9.04. The van der Waals surface area contributed by atoms with Gasteiger partial charge in [0, 0.05) is 0 Å². The van der Waals surface area contributed by atoms with Gasteiger partial charge in [0.2, 0.25) is 0 Å². The molecule has 0 amide bonds. The van der Waals surface area contributed by atoms with Crippen molar-refractivity contribution in [1.82, 2.24) is 0 Å². The van der Waals surface area contributed by atoms with Crippen LogP contribution in [0.25, 0.3) is 0 Å². The highest BCUT2D eigenvalue weighted by atomic mass is 14.0. The van der Waals surface area contributed by atoms with E-state index in [1.54, 1.807) is 0 Å². The van der Waals surface area contributed by atoms with Gasteiger partial charge in [-0.25, -0.2) is 0 Å². The molecule has 0 aromatic heterocycles. The Balaban J connectivity index is 3.70. The lowest BCUT2D eigenvalue weighted by atomic mass is 10.0. The van der Waals surface area contributed by atoms with Gasteiger partial charge in [-0.3, -0.25) is 0 Å². The van der Waals surface area contributed by atoms with Crippen molar-refractivity contribution >= 4 is 0 Å². The molecule has 0 spiro atoms. The Bertz CT molecular complexity index is 167. The van der Waals surface area contributed by atoms with Crippen LogP contribution in [0.15, 0.2) is 24.3 Å². The molecule has 1 unspecified atom stereocenters. The summed E-state index contributed by atoms with van der Waals surface area (Å²) in [6.07, 6.45) is 10.2. The van der Waals surface area contributed by atoms with Crippen LogP contribution in [0.1, 0.15) is 20.3 Å². The molecule has 10 heavy (non-hydrogen) atoms. The molecule has 0 rings (SSSR count). The minimum atomic E-state index is 0.522. The summed E-state index contributed by atoms with van der Waals surface area (Å²) in [5.74, 6) is 3.05. The zero-order valence-electron chi connectivity index (χ0n) is 6.72. The van der Waals surface area contributed by atoms with Gasteiger partial charge in [0.05, 0.1) is 0 Å². The van der Waals surface area contributed by atoms with Crippen LogP contribution in [0, 0.1) is 18.3 Å². The van der Waals surface area contributed by atoms with E-state index >= 15 is 0 Å². The van der Waals surface area contributed by atoms with Crippen LogP contribution in [0.2, 0.25) is 0 Å². The summed E-state index contributed by atoms with van der Waals surface area (Å²) >= 11 is 0. The molecule has 0 bridgehead atoms. The molecule has 0 aliphatic heterocycles. The molecule has 0 fully saturated rings. The fraction of sp³-hybridized carbons (Fsp3) is 0.400. The minimum Gasteiger partial charge on any atom is -0.115 e. The maximum Gasteiger partial charge on any atom is -0.00485 e. The topological polar surface area (TPSA) is 0 Å². The molecule has 1 atom stereocenters. The number of hydrogen-bond acceptors (Lipinski definition) is 0. The lowest BCUT2D eigenvalue weighted by Crippen LogP contribution is -1.89. The smallest absolute Gasteiger partial charge is 0.00485 e. The van der Waals surface area contributed by atoms with E-state index in [1.165, 1.54) is 0 Å². The summed E-state index contributed by atoms with van der Waals surface area (Å²) < 4.78 is 0. The SMILES string of the molecule is C#CC(=C)CC(C)C=CC. The molecule has 0 aliphatic rings. The van der Waals surface area contributed by atoms with Gasteiger partial charge in [0.15, 0.2) is 0 Å². The maximum absolute atomic E-state index is 5.14. The second kappa shape index (κ2) is 4.88. The summed E-state index contributed by atoms with van der Waals surface area (Å²) in [4.78, 5) is 0. The van der Waals surface area contributed by atoms with Gasteiger partial charge < -0.3 is 0 Å². The minimum absolute atomic E-state index is 0.522.